The van der Waals surface area contributed by atoms with Crippen molar-refractivity contribution in [2.75, 3.05) is 25.4 Å². The van der Waals surface area contributed by atoms with Crippen LogP contribution in [0.1, 0.15) is 0 Å². The van der Waals surface area contributed by atoms with Crippen molar-refractivity contribution in [1.82, 2.24) is 4.31 Å². The smallest absolute Gasteiger partial charge is 0.243 e. The zero-order valence-electron chi connectivity index (χ0n) is 9.71. The third-order valence-electron chi connectivity index (χ3n) is 2.29. The molecule has 0 fully saturated rings. The average molecular weight is 291 g/mol. The molecule has 0 spiro atoms. The predicted molar refractivity (Wildman–Crippen MR) is 71.9 cm³/mol. The van der Waals surface area contributed by atoms with E-state index >= 15 is 0 Å². The van der Waals surface area contributed by atoms with Gasteiger partial charge in [-0.15, -0.1) is 6.58 Å². The quantitative estimate of drug-likeness (QED) is 0.607. The number of rotatable bonds is 6. The van der Waals surface area contributed by atoms with E-state index in [1.54, 1.807) is 0 Å². The minimum atomic E-state index is -3.70. The number of nitrogens with zero attached hydrogens (tertiary/aromatic N) is 1. The Kier molecular flexibility index (Phi) is 5.15. The predicted octanol–water partition coefficient (Wildman–Crippen LogP) is 1.09. The molecule has 0 aliphatic rings. The van der Waals surface area contributed by atoms with E-state index in [9.17, 15) is 8.42 Å². The van der Waals surface area contributed by atoms with Gasteiger partial charge >= 0.3 is 0 Å². The molecule has 1 rings (SSSR count). The maximum absolute atomic E-state index is 12.2. The monoisotopic (exact) mass is 290 g/mol. The van der Waals surface area contributed by atoms with Crippen LogP contribution in [0.4, 0.5) is 5.69 Å². The van der Waals surface area contributed by atoms with Crippen molar-refractivity contribution in [2.24, 2.45) is 0 Å². The van der Waals surface area contributed by atoms with Crippen molar-refractivity contribution in [1.29, 1.82) is 0 Å². The molecule has 0 saturated carbocycles. The van der Waals surface area contributed by atoms with Crippen LogP contribution in [0, 0.1) is 0 Å². The summed E-state index contributed by atoms with van der Waals surface area (Å²) >= 11 is 5.80. The number of halogens is 1. The lowest BCUT2D eigenvalue weighted by molar-refractivity contribution is 0.260. The molecule has 0 aromatic heterocycles. The highest BCUT2D eigenvalue weighted by Crippen LogP contribution is 2.24. The number of anilines is 1. The highest BCUT2D eigenvalue weighted by Gasteiger charge is 2.23. The van der Waals surface area contributed by atoms with Gasteiger partial charge in [0.25, 0.3) is 0 Å². The summed E-state index contributed by atoms with van der Waals surface area (Å²) in [6, 6.07) is 4.10. The topological polar surface area (TPSA) is 83.6 Å². The average Bonchev–Trinajstić information content (AvgIpc) is 2.32. The number of nitrogens with two attached hydrogens (primary N) is 1. The summed E-state index contributed by atoms with van der Waals surface area (Å²) in [6.07, 6.45) is 1.45. The number of sulfonamides is 1. The zero-order valence-corrected chi connectivity index (χ0v) is 11.3. The van der Waals surface area contributed by atoms with Crippen LogP contribution in [0.25, 0.3) is 0 Å². The Bertz CT molecular complexity index is 531. The fourth-order valence-corrected chi connectivity index (χ4v) is 3.06. The Morgan fingerprint density at radius 3 is 2.67 bits per heavy atom. The lowest BCUT2D eigenvalue weighted by Gasteiger charge is -2.19. The molecule has 0 unspecified atom stereocenters. The van der Waals surface area contributed by atoms with Gasteiger partial charge in [0.1, 0.15) is 0 Å². The second-order valence-corrected chi connectivity index (χ2v) is 5.90. The summed E-state index contributed by atoms with van der Waals surface area (Å²) < 4.78 is 25.6. The van der Waals surface area contributed by atoms with Crippen molar-refractivity contribution in [3.8, 4) is 0 Å². The molecule has 100 valence electrons. The maximum Gasteiger partial charge on any atom is 0.243 e. The van der Waals surface area contributed by atoms with Crippen molar-refractivity contribution < 1.29 is 13.5 Å². The molecule has 0 aliphatic carbocycles. The van der Waals surface area contributed by atoms with Gasteiger partial charge in [-0.25, -0.2) is 8.42 Å². The third kappa shape index (κ3) is 3.23. The van der Waals surface area contributed by atoms with Gasteiger partial charge in [-0.1, -0.05) is 17.7 Å². The number of aliphatic hydroxyl groups is 1. The van der Waals surface area contributed by atoms with Crippen LogP contribution < -0.4 is 5.73 Å². The van der Waals surface area contributed by atoms with E-state index in [4.69, 9.17) is 22.4 Å². The minimum absolute atomic E-state index is 0.00362. The van der Waals surface area contributed by atoms with E-state index in [1.165, 1.54) is 24.3 Å². The number of nitrogen functional groups attached to an aromatic ring is 1. The SMILES string of the molecule is C=CCN(CCO)S(=O)(=O)c1ccc(N)c(Cl)c1. The highest BCUT2D eigenvalue weighted by molar-refractivity contribution is 7.89. The molecule has 18 heavy (non-hydrogen) atoms. The Morgan fingerprint density at radius 2 is 2.17 bits per heavy atom. The minimum Gasteiger partial charge on any atom is -0.398 e. The molecule has 0 atom stereocenters. The third-order valence-corrected chi connectivity index (χ3v) is 4.48. The van der Waals surface area contributed by atoms with Crippen LogP contribution in [0.15, 0.2) is 35.7 Å². The van der Waals surface area contributed by atoms with Gasteiger partial charge in [0.05, 0.1) is 22.2 Å². The van der Waals surface area contributed by atoms with Gasteiger partial charge in [-0.05, 0) is 18.2 Å². The van der Waals surface area contributed by atoms with Crippen molar-refractivity contribution in [2.45, 2.75) is 4.90 Å². The van der Waals surface area contributed by atoms with Crippen molar-refractivity contribution in [3.05, 3.63) is 35.9 Å². The van der Waals surface area contributed by atoms with Gasteiger partial charge in [0.15, 0.2) is 0 Å². The molecule has 0 heterocycles. The van der Waals surface area contributed by atoms with E-state index in [0.29, 0.717) is 5.69 Å². The molecule has 0 radical (unpaired) electrons. The first-order valence-corrected chi connectivity index (χ1v) is 7.02. The summed E-state index contributed by atoms with van der Waals surface area (Å²) in [5, 5.41) is 9.07. The standard InChI is InChI=1S/C11H15ClN2O3S/c1-2-5-14(6-7-15)18(16,17)9-3-4-11(13)10(12)8-9/h2-4,8,15H,1,5-7,13H2. The largest absolute Gasteiger partial charge is 0.398 e. The zero-order chi connectivity index (χ0) is 13.8. The molecule has 1 aromatic carbocycles. The molecule has 0 amide bonds. The number of aliphatic hydroxyl groups excluding tert-OH is 1. The lowest BCUT2D eigenvalue weighted by Crippen LogP contribution is -2.33. The number of hydrogen-bond donors (Lipinski definition) is 2. The molecule has 3 N–H and O–H groups in total. The maximum atomic E-state index is 12.2. The number of benzene rings is 1. The number of hydrogen-bond acceptors (Lipinski definition) is 4. The molecule has 1 aromatic rings. The van der Waals surface area contributed by atoms with Crippen LogP contribution >= 0.6 is 11.6 Å². The fraction of sp³-hybridized carbons (Fsp3) is 0.273. The van der Waals surface area contributed by atoms with Crippen LogP contribution in [0.3, 0.4) is 0 Å². The summed E-state index contributed by atoms with van der Waals surface area (Å²) in [5.74, 6) is 0. The molecule has 0 bridgehead atoms. The second kappa shape index (κ2) is 6.19. The normalized spacial score (nSPS) is 11.7. The van der Waals surface area contributed by atoms with Crippen LogP contribution in [-0.2, 0) is 10.0 Å². The van der Waals surface area contributed by atoms with Crippen molar-refractivity contribution in [3.63, 3.8) is 0 Å². The summed E-state index contributed by atoms with van der Waals surface area (Å²) in [7, 11) is -3.70. The molecule has 0 saturated heterocycles. The lowest BCUT2D eigenvalue weighted by atomic mass is 10.3. The van der Waals surface area contributed by atoms with Gasteiger partial charge in [-0.3, -0.25) is 0 Å². The van der Waals surface area contributed by atoms with Crippen LogP contribution in [0.2, 0.25) is 5.02 Å². The van der Waals surface area contributed by atoms with Gasteiger partial charge in [0.2, 0.25) is 10.0 Å². The van der Waals surface area contributed by atoms with Gasteiger partial charge in [0, 0.05) is 13.1 Å². The Balaban J connectivity index is 3.17. The summed E-state index contributed by atoms with van der Waals surface area (Å²) in [5.41, 5.74) is 5.84. The van der Waals surface area contributed by atoms with E-state index < -0.39 is 10.0 Å². The summed E-state index contributed by atoms with van der Waals surface area (Å²) in [6.45, 7) is 3.33. The second-order valence-electron chi connectivity index (χ2n) is 3.56. The van der Waals surface area contributed by atoms with E-state index in [2.05, 4.69) is 6.58 Å². The van der Waals surface area contributed by atoms with E-state index in [-0.39, 0.29) is 29.6 Å². The molecular weight excluding hydrogens is 276 g/mol. The first kappa shape index (κ1) is 15.0. The molecule has 0 aliphatic heterocycles. The molecule has 5 nitrogen and oxygen atoms in total. The fourth-order valence-electron chi connectivity index (χ4n) is 1.38. The molecular formula is C11H15ClN2O3S. The Hall–Kier alpha value is -1.08. The van der Waals surface area contributed by atoms with E-state index in [1.807, 2.05) is 0 Å². The molecule has 7 heteroatoms. The van der Waals surface area contributed by atoms with Gasteiger partial charge in [-0.2, -0.15) is 4.31 Å². The Morgan fingerprint density at radius 1 is 1.50 bits per heavy atom. The first-order valence-electron chi connectivity index (χ1n) is 5.20. The first-order chi connectivity index (χ1) is 8.43. The highest BCUT2D eigenvalue weighted by atomic mass is 35.5. The van der Waals surface area contributed by atoms with Crippen molar-refractivity contribution >= 4 is 27.3 Å². The summed E-state index contributed by atoms with van der Waals surface area (Å²) in [4.78, 5) is 0.0389. The van der Waals surface area contributed by atoms with E-state index in [0.717, 1.165) is 4.31 Å². The Labute approximate surface area is 112 Å². The van der Waals surface area contributed by atoms with Crippen LogP contribution in [-0.4, -0.2) is 37.5 Å². The van der Waals surface area contributed by atoms with Gasteiger partial charge < -0.3 is 10.8 Å². The van der Waals surface area contributed by atoms with Crippen LogP contribution in [0.5, 0.6) is 0 Å².